The molecule has 1 rings (SSSR count). The third-order valence-electron chi connectivity index (χ3n) is 2.51. The van der Waals surface area contributed by atoms with E-state index in [0.29, 0.717) is 18.9 Å². The molecule has 1 aromatic rings. The topological polar surface area (TPSA) is 43.4 Å². The lowest BCUT2D eigenvalue weighted by molar-refractivity contribution is 0.313. The summed E-state index contributed by atoms with van der Waals surface area (Å²) in [5, 5.41) is 0. The first-order chi connectivity index (χ1) is 8.29. The minimum Gasteiger partial charge on any atom is -0.493 e. The van der Waals surface area contributed by atoms with Crippen LogP contribution < -0.4 is 4.74 Å². The Hall–Kier alpha value is -0.550. The van der Waals surface area contributed by atoms with Crippen molar-refractivity contribution in [2.75, 3.05) is 18.6 Å². The van der Waals surface area contributed by atoms with Gasteiger partial charge in [0, 0.05) is 10.7 Å². The van der Waals surface area contributed by atoms with E-state index < -0.39 is 9.84 Å². The summed E-state index contributed by atoms with van der Waals surface area (Å²) < 4.78 is 28.7. The molecule has 0 unspecified atom stereocenters. The molecule has 0 aliphatic rings. The van der Waals surface area contributed by atoms with Crippen LogP contribution >= 0.6 is 15.9 Å². The molecule has 0 bridgehead atoms. The van der Waals surface area contributed by atoms with Gasteiger partial charge < -0.3 is 4.74 Å². The molecule has 5 heteroatoms. The molecular weight excluding hydrogens is 316 g/mol. The lowest BCUT2D eigenvalue weighted by Crippen LogP contribution is -2.09. The molecule has 0 radical (unpaired) electrons. The molecule has 0 saturated heterocycles. The molecule has 0 saturated carbocycles. The smallest absolute Gasteiger partial charge is 0.147 e. The Morgan fingerprint density at radius 2 is 2.00 bits per heavy atom. The van der Waals surface area contributed by atoms with Crippen LogP contribution in [0.1, 0.15) is 31.7 Å². The van der Waals surface area contributed by atoms with Crippen LogP contribution in [0.3, 0.4) is 0 Å². The first-order valence-electron chi connectivity index (χ1n) is 5.89. The van der Waals surface area contributed by atoms with Crippen LogP contribution in [0.25, 0.3) is 0 Å². The first kappa shape index (κ1) is 15.5. The molecule has 0 aliphatic carbocycles. The highest BCUT2D eigenvalue weighted by Crippen LogP contribution is 2.29. The van der Waals surface area contributed by atoms with Gasteiger partial charge in [0.25, 0.3) is 0 Å². The molecule has 0 atom stereocenters. The van der Waals surface area contributed by atoms with Gasteiger partial charge in [-0.1, -0.05) is 29.8 Å². The number of sulfone groups is 1. The van der Waals surface area contributed by atoms with Gasteiger partial charge >= 0.3 is 0 Å². The lowest BCUT2D eigenvalue weighted by Gasteiger charge is -2.14. The second-order valence-corrected chi connectivity index (χ2v) is 7.84. The summed E-state index contributed by atoms with van der Waals surface area (Å²) in [5.41, 5.74) is 1.13. The van der Waals surface area contributed by atoms with Gasteiger partial charge in [0.15, 0.2) is 0 Å². The summed E-state index contributed by atoms with van der Waals surface area (Å²) >= 11 is 3.44. The molecule has 0 aromatic heterocycles. The van der Waals surface area contributed by atoms with E-state index in [0.717, 1.165) is 15.8 Å². The maximum Gasteiger partial charge on any atom is 0.147 e. The van der Waals surface area contributed by atoms with E-state index >= 15 is 0 Å². The number of hydrogen-bond acceptors (Lipinski definition) is 3. The summed E-state index contributed by atoms with van der Waals surface area (Å²) in [6.07, 6.45) is 1.76. The van der Waals surface area contributed by atoms with Crippen LogP contribution in [0, 0.1) is 0 Å². The molecule has 102 valence electrons. The zero-order chi connectivity index (χ0) is 13.8. The first-order valence-corrected chi connectivity index (χ1v) is 8.75. The van der Waals surface area contributed by atoms with Crippen molar-refractivity contribution in [1.29, 1.82) is 0 Å². The average molecular weight is 335 g/mol. The minimum absolute atomic E-state index is 0.167. The van der Waals surface area contributed by atoms with Crippen LogP contribution in [-0.2, 0) is 9.84 Å². The van der Waals surface area contributed by atoms with Crippen LogP contribution in [0.15, 0.2) is 22.7 Å². The maximum absolute atomic E-state index is 11.0. The van der Waals surface area contributed by atoms with Crippen molar-refractivity contribution in [2.24, 2.45) is 0 Å². The van der Waals surface area contributed by atoms with Crippen LogP contribution in [0.5, 0.6) is 5.75 Å². The Morgan fingerprint density at radius 1 is 1.33 bits per heavy atom. The van der Waals surface area contributed by atoms with E-state index in [1.807, 2.05) is 18.2 Å². The third kappa shape index (κ3) is 5.40. The van der Waals surface area contributed by atoms with Crippen LogP contribution in [0.2, 0.25) is 0 Å². The highest BCUT2D eigenvalue weighted by Gasteiger charge is 2.09. The van der Waals surface area contributed by atoms with E-state index in [1.165, 1.54) is 6.26 Å². The largest absolute Gasteiger partial charge is 0.493 e. The molecule has 0 heterocycles. The SMILES string of the molecule is CC(C)c1cc(Br)ccc1OCCCS(C)(=O)=O. The predicted octanol–water partition coefficient (Wildman–Crippen LogP) is 3.39. The van der Waals surface area contributed by atoms with Gasteiger partial charge in [-0.25, -0.2) is 8.42 Å². The zero-order valence-corrected chi connectivity index (χ0v) is 13.3. The fourth-order valence-corrected chi connectivity index (χ4v) is 2.63. The molecule has 0 spiro atoms. The van der Waals surface area contributed by atoms with E-state index in [9.17, 15) is 8.42 Å². The molecule has 18 heavy (non-hydrogen) atoms. The predicted molar refractivity (Wildman–Crippen MR) is 78.1 cm³/mol. The van der Waals surface area contributed by atoms with Gasteiger partial charge in [0.1, 0.15) is 15.6 Å². The fourth-order valence-electron chi connectivity index (χ4n) is 1.61. The highest BCUT2D eigenvalue weighted by atomic mass is 79.9. The van der Waals surface area contributed by atoms with Crippen molar-refractivity contribution in [3.63, 3.8) is 0 Å². The normalized spacial score (nSPS) is 11.8. The molecule has 0 amide bonds. The van der Waals surface area contributed by atoms with Gasteiger partial charge in [-0.05, 0) is 36.1 Å². The summed E-state index contributed by atoms with van der Waals surface area (Å²) in [4.78, 5) is 0. The maximum atomic E-state index is 11.0. The summed E-state index contributed by atoms with van der Waals surface area (Å²) in [6.45, 7) is 4.63. The number of halogens is 1. The summed E-state index contributed by atoms with van der Waals surface area (Å²) in [7, 11) is -2.90. The number of ether oxygens (including phenoxy) is 1. The minimum atomic E-state index is -2.90. The summed E-state index contributed by atoms with van der Waals surface area (Å²) in [5.74, 6) is 1.37. The highest BCUT2D eigenvalue weighted by molar-refractivity contribution is 9.10. The Bertz CT molecular complexity index is 495. The van der Waals surface area contributed by atoms with Crippen molar-refractivity contribution in [3.8, 4) is 5.75 Å². The molecule has 1 aromatic carbocycles. The van der Waals surface area contributed by atoms with Gasteiger partial charge in [0.05, 0.1) is 12.4 Å². The standard InChI is InChI=1S/C13H19BrO3S/c1-10(2)12-9-11(14)5-6-13(12)17-7-4-8-18(3,15)16/h5-6,9-10H,4,7-8H2,1-3H3. The van der Waals surface area contributed by atoms with Gasteiger partial charge in [-0.15, -0.1) is 0 Å². The monoisotopic (exact) mass is 334 g/mol. The van der Waals surface area contributed by atoms with Crippen molar-refractivity contribution >= 4 is 25.8 Å². The van der Waals surface area contributed by atoms with Gasteiger partial charge in [-0.3, -0.25) is 0 Å². The fraction of sp³-hybridized carbons (Fsp3) is 0.538. The molecule has 0 fully saturated rings. The second kappa shape index (κ2) is 6.57. The van der Waals surface area contributed by atoms with Gasteiger partial charge in [-0.2, -0.15) is 0 Å². The van der Waals surface area contributed by atoms with Crippen LogP contribution in [-0.4, -0.2) is 27.0 Å². The van der Waals surface area contributed by atoms with Crippen molar-refractivity contribution < 1.29 is 13.2 Å². The van der Waals surface area contributed by atoms with Crippen molar-refractivity contribution in [1.82, 2.24) is 0 Å². The van der Waals surface area contributed by atoms with Crippen LogP contribution in [0.4, 0.5) is 0 Å². The third-order valence-corrected chi connectivity index (χ3v) is 4.03. The molecule has 3 nitrogen and oxygen atoms in total. The van der Waals surface area contributed by atoms with E-state index in [4.69, 9.17) is 4.74 Å². The Balaban J connectivity index is 2.62. The van der Waals surface area contributed by atoms with E-state index in [-0.39, 0.29) is 5.75 Å². The molecule has 0 N–H and O–H groups in total. The Kier molecular flexibility index (Phi) is 5.66. The molecular formula is C13H19BrO3S. The lowest BCUT2D eigenvalue weighted by atomic mass is 10.0. The van der Waals surface area contributed by atoms with E-state index in [2.05, 4.69) is 29.8 Å². The Labute approximate surface area is 118 Å². The summed E-state index contributed by atoms with van der Waals surface area (Å²) in [6, 6.07) is 5.88. The average Bonchev–Trinajstić information content (AvgIpc) is 2.24. The number of rotatable bonds is 6. The van der Waals surface area contributed by atoms with Gasteiger partial charge in [0.2, 0.25) is 0 Å². The van der Waals surface area contributed by atoms with Crippen molar-refractivity contribution in [2.45, 2.75) is 26.2 Å². The number of hydrogen-bond donors (Lipinski definition) is 0. The quantitative estimate of drug-likeness (QED) is 0.749. The van der Waals surface area contributed by atoms with Crippen molar-refractivity contribution in [3.05, 3.63) is 28.2 Å². The number of benzene rings is 1. The zero-order valence-electron chi connectivity index (χ0n) is 10.9. The molecule has 0 aliphatic heterocycles. The second-order valence-electron chi connectivity index (χ2n) is 4.67. The van der Waals surface area contributed by atoms with E-state index in [1.54, 1.807) is 0 Å². The Morgan fingerprint density at radius 3 is 2.56 bits per heavy atom.